The molecule has 5 rings (SSSR count). The van der Waals surface area contributed by atoms with Crippen molar-refractivity contribution in [2.75, 3.05) is 32.1 Å². The molecular weight excluding hydrogens is 622 g/mol. The first-order valence-corrected chi connectivity index (χ1v) is 17.1. The third-order valence-electron chi connectivity index (χ3n) is 8.26. The van der Waals surface area contributed by atoms with E-state index in [1.807, 2.05) is 30.1 Å². The molecule has 4 aromatic rings. The van der Waals surface area contributed by atoms with Crippen molar-refractivity contribution >= 4 is 23.6 Å². The highest BCUT2D eigenvalue weighted by molar-refractivity contribution is 7.98. The van der Waals surface area contributed by atoms with Crippen molar-refractivity contribution in [1.82, 2.24) is 19.8 Å². The molecule has 3 aromatic carbocycles. The highest BCUT2D eigenvalue weighted by Crippen LogP contribution is 2.28. The molecule has 0 spiro atoms. The normalized spacial score (nSPS) is 15.2. The summed E-state index contributed by atoms with van der Waals surface area (Å²) in [5.74, 6) is -0.913. The Morgan fingerprint density at radius 3 is 2.38 bits per heavy atom. The highest BCUT2D eigenvalue weighted by atomic mass is 32.2. The van der Waals surface area contributed by atoms with Gasteiger partial charge < -0.3 is 24.3 Å². The summed E-state index contributed by atoms with van der Waals surface area (Å²) in [5.41, 5.74) is 3.14. The molecule has 1 amide bonds. The number of rotatable bonds is 14. The van der Waals surface area contributed by atoms with Crippen LogP contribution in [0.4, 0.5) is 8.78 Å². The number of piperidine rings is 1. The molecule has 248 valence electrons. The average molecular weight is 663 g/mol. The van der Waals surface area contributed by atoms with Gasteiger partial charge >= 0.3 is 5.97 Å². The molecule has 0 saturated carbocycles. The summed E-state index contributed by atoms with van der Waals surface area (Å²) in [4.78, 5) is 33.4. The van der Waals surface area contributed by atoms with Crippen LogP contribution in [-0.4, -0.2) is 70.6 Å². The lowest BCUT2D eigenvalue weighted by Gasteiger charge is -2.30. The zero-order valence-corrected chi connectivity index (χ0v) is 27.4. The summed E-state index contributed by atoms with van der Waals surface area (Å²) < 4.78 is 41.7. The number of benzene rings is 3. The molecule has 1 fully saturated rings. The van der Waals surface area contributed by atoms with Gasteiger partial charge in [-0.1, -0.05) is 30.3 Å². The van der Waals surface area contributed by atoms with E-state index in [9.17, 15) is 18.4 Å². The molecule has 47 heavy (non-hydrogen) atoms. The number of esters is 1. The zero-order valence-electron chi connectivity index (χ0n) is 26.6. The van der Waals surface area contributed by atoms with E-state index in [1.54, 1.807) is 60.7 Å². The minimum atomic E-state index is -0.807. The van der Waals surface area contributed by atoms with Gasteiger partial charge in [-0.25, -0.2) is 18.6 Å². The smallest absolute Gasteiger partial charge is 0.328 e. The molecular formula is C36H40F2N4O4S. The van der Waals surface area contributed by atoms with Gasteiger partial charge in [-0.3, -0.25) is 4.79 Å². The Morgan fingerprint density at radius 1 is 1.02 bits per heavy atom. The summed E-state index contributed by atoms with van der Waals surface area (Å²) in [7, 11) is 2.04. The van der Waals surface area contributed by atoms with Gasteiger partial charge in [-0.05, 0) is 97.0 Å². The third kappa shape index (κ3) is 9.73. The number of thioether (sulfide) groups is 1. The minimum Gasteiger partial charge on any atom is -0.461 e. The fourth-order valence-corrected chi connectivity index (χ4v) is 6.00. The zero-order chi connectivity index (χ0) is 33.2. The molecule has 1 aliphatic rings. The van der Waals surface area contributed by atoms with E-state index < -0.39 is 29.8 Å². The molecule has 2 atom stereocenters. The largest absolute Gasteiger partial charge is 0.461 e. The van der Waals surface area contributed by atoms with Crippen LogP contribution >= 0.6 is 11.8 Å². The summed E-state index contributed by atoms with van der Waals surface area (Å²) in [5, 5.41) is 2.93. The van der Waals surface area contributed by atoms with E-state index in [0.29, 0.717) is 35.4 Å². The van der Waals surface area contributed by atoms with E-state index in [2.05, 4.69) is 15.2 Å². The third-order valence-corrected chi connectivity index (χ3v) is 8.91. The lowest BCUT2D eigenvalue weighted by Crippen LogP contribution is -2.45. The molecule has 1 aliphatic heterocycles. The lowest BCUT2D eigenvalue weighted by molar-refractivity contribution is -0.153. The molecule has 1 saturated heterocycles. The number of carbonyl (C=O) groups is 2. The van der Waals surface area contributed by atoms with Crippen LogP contribution in [0.25, 0.3) is 11.1 Å². The number of hydrogen-bond acceptors (Lipinski definition) is 7. The van der Waals surface area contributed by atoms with Gasteiger partial charge in [0.1, 0.15) is 29.9 Å². The maximum Gasteiger partial charge on any atom is 0.328 e. The Bertz CT molecular complexity index is 1590. The number of nitrogens with one attached hydrogen (secondary N) is 1. The van der Waals surface area contributed by atoms with Crippen LogP contribution in [0.3, 0.4) is 0 Å². The molecule has 0 bridgehead atoms. The molecule has 11 heteroatoms. The van der Waals surface area contributed by atoms with Gasteiger partial charge in [0.25, 0.3) is 5.91 Å². The summed E-state index contributed by atoms with van der Waals surface area (Å²) in [6.07, 6.45) is 8.51. The van der Waals surface area contributed by atoms with Crippen LogP contribution in [0.2, 0.25) is 0 Å². The van der Waals surface area contributed by atoms with E-state index >= 15 is 0 Å². The lowest BCUT2D eigenvalue weighted by atomic mass is 9.96. The van der Waals surface area contributed by atoms with Crippen LogP contribution in [0, 0.1) is 11.6 Å². The summed E-state index contributed by atoms with van der Waals surface area (Å²) in [6.45, 7) is 2.35. The maximum atomic E-state index is 13.9. The first-order chi connectivity index (χ1) is 22.8. The van der Waals surface area contributed by atoms with Crippen LogP contribution in [-0.2, 0) is 27.4 Å². The SMILES string of the molecule is CSCC[C@H](NC(=O)c1ccc(COC(Cn2ccnc2)c2ccc(F)cc2)cc1-c1ccc(F)cc1)C(=O)OC1CCN(C)CC1. The Kier molecular flexibility index (Phi) is 12.2. The van der Waals surface area contributed by atoms with Gasteiger partial charge in [0.15, 0.2) is 0 Å². The molecule has 0 aliphatic carbocycles. The molecule has 1 aromatic heterocycles. The molecule has 0 radical (unpaired) electrons. The van der Waals surface area contributed by atoms with Crippen LogP contribution < -0.4 is 5.32 Å². The van der Waals surface area contributed by atoms with Crippen molar-refractivity contribution < 1.29 is 27.8 Å². The Hall–Kier alpha value is -4.06. The molecule has 1 unspecified atom stereocenters. The predicted octanol–water partition coefficient (Wildman–Crippen LogP) is 6.28. The standard InChI is InChI=1S/C36H40F2N4O4S/c1-41-17-13-30(14-18-41)46-36(44)33(15-20-47-2)40-35(43)31-12-3-25(21-32(31)26-4-8-28(37)9-5-26)23-45-34(22-42-19-16-39-24-42)27-6-10-29(38)11-7-27/h3-12,16,19,21,24,30,33-34H,13-15,17-18,20,22-23H2,1-2H3,(H,40,43)/t33-,34?/m0/s1. The Labute approximate surface area is 278 Å². The Balaban J connectivity index is 1.36. The molecule has 2 heterocycles. The maximum absolute atomic E-state index is 13.9. The van der Waals surface area contributed by atoms with Crippen molar-refractivity contribution in [3.05, 3.63) is 114 Å². The summed E-state index contributed by atoms with van der Waals surface area (Å²) >= 11 is 1.59. The summed E-state index contributed by atoms with van der Waals surface area (Å²) in [6, 6.07) is 16.6. The second-order valence-corrected chi connectivity index (χ2v) is 12.7. The van der Waals surface area contributed by atoms with Crippen LogP contribution in [0.1, 0.15) is 46.9 Å². The highest BCUT2D eigenvalue weighted by Gasteiger charge is 2.28. The first-order valence-electron chi connectivity index (χ1n) is 15.7. The second-order valence-electron chi connectivity index (χ2n) is 11.7. The van der Waals surface area contributed by atoms with Crippen molar-refractivity contribution in [2.24, 2.45) is 0 Å². The fraction of sp³-hybridized carbons (Fsp3) is 0.361. The number of halogens is 2. The van der Waals surface area contributed by atoms with Gasteiger partial charge in [0.05, 0.1) is 19.5 Å². The van der Waals surface area contributed by atoms with Crippen LogP contribution in [0.15, 0.2) is 85.5 Å². The predicted molar refractivity (Wildman–Crippen MR) is 179 cm³/mol. The number of ether oxygens (including phenoxy) is 2. The van der Waals surface area contributed by atoms with Gasteiger partial charge in [0, 0.05) is 31.0 Å². The fourth-order valence-electron chi connectivity index (χ4n) is 5.53. The van der Waals surface area contributed by atoms with Gasteiger partial charge in [-0.2, -0.15) is 11.8 Å². The number of nitrogens with zero attached hydrogens (tertiary/aromatic N) is 3. The number of hydrogen-bond donors (Lipinski definition) is 1. The number of carbonyl (C=O) groups excluding carboxylic acids is 2. The quantitative estimate of drug-likeness (QED) is 0.159. The van der Waals surface area contributed by atoms with E-state index in [-0.39, 0.29) is 18.5 Å². The van der Waals surface area contributed by atoms with Gasteiger partial charge in [0.2, 0.25) is 0 Å². The van der Waals surface area contributed by atoms with E-state index in [0.717, 1.165) is 37.1 Å². The van der Waals surface area contributed by atoms with Crippen molar-refractivity contribution in [2.45, 2.75) is 50.7 Å². The monoisotopic (exact) mass is 662 g/mol. The minimum absolute atomic E-state index is 0.172. The van der Waals surface area contributed by atoms with Gasteiger partial charge in [-0.15, -0.1) is 0 Å². The van der Waals surface area contributed by atoms with Crippen molar-refractivity contribution in [3.63, 3.8) is 0 Å². The molecule has 8 nitrogen and oxygen atoms in total. The Morgan fingerprint density at radius 2 is 1.72 bits per heavy atom. The number of amides is 1. The topological polar surface area (TPSA) is 85.7 Å². The molecule has 1 N–H and O–H groups in total. The van der Waals surface area contributed by atoms with Crippen molar-refractivity contribution in [3.8, 4) is 11.1 Å². The second kappa shape index (κ2) is 16.7. The van der Waals surface area contributed by atoms with E-state index in [4.69, 9.17) is 9.47 Å². The number of likely N-dealkylation sites (tertiary alicyclic amines) is 1. The number of aromatic nitrogens is 2. The average Bonchev–Trinajstić information content (AvgIpc) is 3.60. The van der Waals surface area contributed by atoms with Crippen molar-refractivity contribution in [1.29, 1.82) is 0 Å². The van der Waals surface area contributed by atoms with Crippen LogP contribution in [0.5, 0.6) is 0 Å². The van der Waals surface area contributed by atoms with E-state index in [1.165, 1.54) is 24.3 Å². The first kappa shape index (κ1) is 34.3. The number of imidazole rings is 1.